The molecule has 12 heteroatoms. The smallest absolute Gasteiger partial charge is 0.262 e. The summed E-state index contributed by atoms with van der Waals surface area (Å²) in [5.74, 6) is 0.360. The van der Waals surface area contributed by atoms with Crippen molar-refractivity contribution in [3.05, 3.63) is 77.6 Å². The first-order valence-electron chi connectivity index (χ1n) is 13.6. The second-order valence-corrected chi connectivity index (χ2v) is 12.4. The van der Waals surface area contributed by atoms with E-state index in [1.165, 1.54) is 6.07 Å². The normalized spacial score (nSPS) is 19.1. The number of anilines is 1. The third-order valence-electron chi connectivity index (χ3n) is 7.44. The predicted molar refractivity (Wildman–Crippen MR) is 154 cm³/mol. The Kier molecular flexibility index (Phi) is 8.58. The molecule has 0 radical (unpaired) electrons. The summed E-state index contributed by atoms with van der Waals surface area (Å²) in [6.07, 6.45) is -0.458. The van der Waals surface area contributed by atoms with Crippen molar-refractivity contribution in [3.8, 4) is 17.2 Å². The van der Waals surface area contributed by atoms with E-state index in [4.69, 9.17) is 14.2 Å². The van der Waals surface area contributed by atoms with Gasteiger partial charge in [0.1, 0.15) is 11.9 Å². The number of nitrogens with one attached hydrogen (secondary N) is 1. The predicted octanol–water partition coefficient (Wildman–Crippen LogP) is 3.71. The maximum atomic E-state index is 13.7. The van der Waals surface area contributed by atoms with E-state index >= 15 is 0 Å². The lowest BCUT2D eigenvalue weighted by atomic mass is 9.99. The number of aliphatic hydroxyl groups excluding tert-OH is 1. The number of carbonyl (C=O) groups excluding carboxylic acids is 1. The van der Waals surface area contributed by atoms with E-state index in [-0.39, 0.29) is 47.1 Å². The number of rotatable bonds is 9. The van der Waals surface area contributed by atoms with Crippen molar-refractivity contribution in [3.63, 3.8) is 0 Å². The lowest BCUT2D eigenvalue weighted by molar-refractivity contribution is 0.0344. The van der Waals surface area contributed by atoms with Gasteiger partial charge < -0.3 is 24.2 Å². The first-order valence-corrected chi connectivity index (χ1v) is 15.1. The maximum absolute atomic E-state index is 13.7. The Morgan fingerprint density at radius 3 is 2.60 bits per heavy atom. The van der Waals surface area contributed by atoms with E-state index in [9.17, 15) is 22.7 Å². The van der Waals surface area contributed by atoms with Crippen molar-refractivity contribution in [2.45, 2.75) is 37.4 Å². The van der Waals surface area contributed by atoms with E-state index in [0.717, 1.165) is 29.8 Å². The number of benzene rings is 3. The molecule has 2 heterocycles. The number of para-hydroxylation sites is 1. The Morgan fingerprint density at radius 1 is 1.12 bits per heavy atom. The molecular formula is C30H34FN3O7S. The van der Waals surface area contributed by atoms with Crippen LogP contribution in [0.1, 0.15) is 29.8 Å². The molecule has 0 bridgehead atoms. The number of likely N-dealkylation sites (N-methyl/N-ethyl adjacent to an activating group) is 1. The van der Waals surface area contributed by atoms with Gasteiger partial charge in [0, 0.05) is 25.6 Å². The Hall–Kier alpha value is -3.87. The van der Waals surface area contributed by atoms with Gasteiger partial charge in [0.05, 0.1) is 28.8 Å². The highest BCUT2D eigenvalue weighted by atomic mass is 32.2. The number of amides is 1. The van der Waals surface area contributed by atoms with Crippen LogP contribution >= 0.6 is 0 Å². The zero-order valence-corrected chi connectivity index (χ0v) is 24.4. The molecule has 5 rings (SSSR count). The second-order valence-electron chi connectivity index (χ2n) is 10.7. The lowest BCUT2D eigenvalue weighted by Gasteiger charge is -2.38. The van der Waals surface area contributed by atoms with Crippen LogP contribution in [0.4, 0.5) is 10.1 Å². The second kappa shape index (κ2) is 12.2. The van der Waals surface area contributed by atoms with Crippen molar-refractivity contribution in [1.29, 1.82) is 0 Å². The molecule has 224 valence electrons. The molecule has 0 saturated heterocycles. The number of nitrogens with zero attached hydrogens (tertiary/aromatic N) is 2. The van der Waals surface area contributed by atoms with E-state index in [0.29, 0.717) is 31.1 Å². The monoisotopic (exact) mass is 599 g/mol. The molecule has 1 amide bonds. The van der Waals surface area contributed by atoms with Crippen LogP contribution in [-0.4, -0.2) is 74.9 Å². The van der Waals surface area contributed by atoms with E-state index in [1.807, 2.05) is 32.2 Å². The van der Waals surface area contributed by atoms with Crippen LogP contribution in [0.15, 0.2) is 65.6 Å². The van der Waals surface area contributed by atoms with Gasteiger partial charge in [0.15, 0.2) is 17.2 Å². The molecule has 0 spiro atoms. The summed E-state index contributed by atoms with van der Waals surface area (Å²) >= 11 is 0. The third-order valence-corrected chi connectivity index (χ3v) is 8.82. The average molecular weight is 600 g/mol. The molecule has 3 aromatic rings. The quantitative estimate of drug-likeness (QED) is 0.383. The highest BCUT2D eigenvalue weighted by molar-refractivity contribution is 7.92. The minimum atomic E-state index is -4.13. The Balaban J connectivity index is 1.46. The topological polar surface area (TPSA) is 118 Å². The van der Waals surface area contributed by atoms with E-state index < -0.39 is 28.0 Å². The van der Waals surface area contributed by atoms with Gasteiger partial charge in [-0.3, -0.25) is 14.4 Å². The minimum Gasteiger partial charge on any atom is -0.486 e. The largest absolute Gasteiger partial charge is 0.486 e. The van der Waals surface area contributed by atoms with E-state index in [2.05, 4.69) is 9.62 Å². The molecule has 0 aliphatic carbocycles. The molecular weight excluding hydrogens is 565 g/mol. The van der Waals surface area contributed by atoms with Crippen LogP contribution < -0.4 is 18.9 Å². The van der Waals surface area contributed by atoms with Crippen LogP contribution in [0, 0.1) is 11.7 Å². The average Bonchev–Trinajstić information content (AvgIpc) is 3.43. The van der Waals surface area contributed by atoms with Gasteiger partial charge in [-0.25, -0.2) is 12.8 Å². The zero-order valence-electron chi connectivity index (χ0n) is 23.6. The van der Waals surface area contributed by atoms with Gasteiger partial charge in [-0.15, -0.1) is 0 Å². The summed E-state index contributed by atoms with van der Waals surface area (Å²) in [4.78, 5) is 17.2. The molecule has 0 saturated carbocycles. The fraction of sp³-hybridized carbons (Fsp3) is 0.367. The van der Waals surface area contributed by atoms with Gasteiger partial charge >= 0.3 is 0 Å². The number of carbonyl (C=O) groups is 1. The molecule has 0 aromatic heterocycles. The van der Waals surface area contributed by atoms with Crippen molar-refractivity contribution >= 4 is 21.6 Å². The van der Waals surface area contributed by atoms with E-state index in [1.54, 1.807) is 24.0 Å². The SMILES string of the molecule is C[C@@H]1CN([C@H](C)CO)C(=O)c2cccc(NS(=O)(=O)c3ccc(F)cc3)c2O[C@@H]1CN(C)Cc1ccc2c(c1)OCO2. The molecule has 2 N–H and O–H groups in total. The van der Waals surface area contributed by atoms with Gasteiger partial charge in [-0.05, 0) is 68.1 Å². The van der Waals surface area contributed by atoms with Crippen LogP contribution in [0.5, 0.6) is 17.2 Å². The first kappa shape index (κ1) is 29.6. The Labute approximate surface area is 244 Å². The molecule has 10 nitrogen and oxygen atoms in total. The number of halogens is 1. The fourth-order valence-electron chi connectivity index (χ4n) is 5.08. The molecule has 2 aliphatic heterocycles. The number of hydrogen-bond donors (Lipinski definition) is 2. The lowest BCUT2D eigenvalue weighted by Crippen LogP contribution is -2.49. The molecule has 2 aliphatic rings. The highest BCUT2D eigenvalue weighted by Crippen LogP contribution is 2.37. The standard InChI is InChI=1S/C30H34FN3O7S/c1-19-14-34(20(2)17-35)30(36)24-5-4-6-25(32-42(37,38)23-10-8-22(31)9-11-23)29(24)41-28(19)16-33(3)15-21-7-12-26-27(13-21)40-18-39-26/h4-13,19-20,28,32,35H,14-18H2,1-3H3/t19-,20-,28-/m1/s1. The van der Waals surface area contributed by atoms with Crippen LogP contribution in [0.25, 0.3) is 0 Å². The summed E-state index contributed by atoms with van der Waals surface area (Å²) in [5.41, 5.74) is 1.27. The Morgan fingerprint density at radius 2 is 1.86 bits per heavy atom. The van der Waals surface area contributed by atoms with Gasteiger partial charge in [-0.1, -0.05) is 19.1 Å². The summed E-state index contributed by atoms with van der Waals surface area (Å²) in [5, 5.41) is 9.93. The highest BCUT2D eigenvalue weighted by Gasteiger charge is 2.35. The molecule has 3 aromatic carbocycles. The van der Waals surface area contributed by atoms with Gasteiger partial charge in [0.25, 0.3) is 15.9 Å². The third kappa shape index (κ3) is 6.30. The van der Waals surface area contributed by atoms with Crippen LogP contribution in [-0.2, 0) is 16.6 Å². The van der Waals surface area contributed by atoms with Crippen molar-refractivity contribution < 1.29 is 36.9 Å². The number of hydrogen-bond acceptors (Lipinski definition) is 8. The van der Waals surface area contributed by atoms with Crippen molar-refractivity contribution in [2.75, 3.05) is 38.3 Å². The van der Waals surface area contributed by atoms with Crippen molar-refractivity contribution in [2.24, 2.45) is 5.92 Å². The molecule has 0 fully saturated rings. The first-order chi connectivity index (χ1) is 20.1. The van der Waals surface area contributed by atoms with Crippen LogP contribution in [0.2, 0.25) is 0 Å². The number of sulfonamides is 1. The number of fused-ring (bicyclic) bond motifs is 2. The summed E-state index contributed by atoms with van der Waals surface area (Å²) in [6.45, 7) is 5.02. The minimum absolute atomic E-state index is 0.0827. The summed E-state index contributed by atoms with van der Waals surface area (Å²) < 4.78 is 59.8. The molecule has 42 heavy (non-hydrogen) atoms. The molecule has 0 unspecified atom stereocenters. The number of ether oxygens (including phenoxy) is 3. The van der Waals surface area contributed by atoms with Gasteiger partial charge in [-0.2, -0.15) is 0 Å². The number of aliphatic hydroxyl groups is 1. The zero-order chi connectivity index (χ0) is 30.0. The summed E-state index contributed by atoms with van der Waals surface area (Å²) in [7, 11) is -2.18. The fourth-order valence-corrected chi connectivity index (χ4v) is 6.14. The Bertz CT molecular complexity index is 1550. The van der Waals surface area contributed by atoms with Crippen molar-refractivity contribution in [1.82, 2.24) is 9.80 Å². The van der Waals surface area contributed by atoms with Crippen LogP contribution in [0.3, 0.4) is 0 Å². The summed E-state index contributed by atoms with van der Waals surface area (Å²) in [6, 6.07) is 14.4. The maximum Gasteiger partial charge on any atom is 0.262 e. The molecule has 3 atom stereocenters. The van der Waals surface area contributed by atoms with Gasteiger partial charge in [0.2, 0.25) is 6.79 Å².